The van der Waals surface area contributed by atoms with Crippen LogP contribution in [0.15, 0.2) is 0 Å². The maximum atomic E-state index is 14.0. The Labute approximate surface area is 113 Å². The van der Waals surface area contributed by atoms with Crippen molar-refractivity contribution in [3.05, 3.63) is 28.3 Å². The van der Waals surface area contributed by atoms with Crippen molar-refractivity contribution < 1.29 is 27.8 Å². The van der Waals surface area contributed by atoms with Crippen molar-refractivity contribution in [3.63, 3.8) is 0 Å². The van der Waals surface area contributed by atoms with Gasteiger partial charge >= 0.3 is 5.97 Å². The fraction of sp³-hybridized carbons (Fsp3) is 0.500. The van der Waals surface area contributed by atoms with Gasteiger partial charge in [-0.25, -0.2) is 13.6 Å². The van der Waals surface area contributed by atoms with Gasteiger partial charge in [0.1, 0.15) is 0 Å². The van der Waals surface area contributed by atoms with Crippen LogP contribution in [0, 0.1) is 11.6 Å². The van der Waals surface area contributed by atoms with E-state index >= 15 is 0 Å². The minimum absolute atomic E-state index is 0.0844. The average molecular weight is 286 g/mol. The molecular weight excluding hydrogens is 273 g/mol. The molecule has 1 aromatic carbocycles. The number of carboxylic acids is 1. The number of alkyl halides is 1. The van der Waals surface area contributed by atoms with E-state index in [1.54, 1.807) is 0 Å². The summed E-state index contributed by atoms with van der Waals surface area (Å²) in [5.74, 6) is -3.91. The predicted octanol–water partition coefficient (Wildman–Crippen LogP) is 2.74. The smallest absolute Gasteiger partial charge is 0.338 e. The summed E-state index contributed by atoms with van der Waals surface area (Å²) in [7, 11) is 0. The number of halogens is 3. The molecule has 0 saturated heterocycles. The molecule has 0 saturated carbocycles. The summed E-state index contributed by atoms with van der Waals surface area (Å²) in [5, 5.41) is 8.65. The standard InChI is InChI=1S/C14H13F3O3/c15-9(14(18)19)5-6-1-2-7-10(6)8-3-4-20-13(8)12(17)11(7)16/h6,9H,1-5H2,(H,18,19). The fourth-order valence-corrected chi connectivity index (χ4v) is 3.23. The number of hydrogen-bond donors (Lipinski definition) is 1. The maximum absolute atomic E-state index is 14.0. The third-order valence-electron chi connectivity index (χ3n) is 4.09. The zero-order valence-electron chi connectivity index (χ0n) is 10.6. The third-order valence-corrected chi connectivity index (χ3v) is 4.09. The average Bonchev–Trinajstić information content (AvgIpc) is 3.01. The number of hydrogen-bond acceptors (Lipinski definition) is 2. The van der Waals surface area contributed by atoms with Gasteiger partial charge in [-0.3, -0.25) is 0 Å². The molecule has 1 heterocycles. The van der Waals surface area contributed by atoms with Crippen LogP contribution in [0.4, 0.5) is 13.2 Å². The lowest BCUT2D eigenvalue weighted by atomic mass is 9.90. The van der Waals surface area contributed by atoms with Crippen molar-refractivity contribution in [1.29, 1.82) is 0 Å². The Bertz CT molecular complexity index is 586. The highest BCUT2D eigenvalue weighted by Gasteiger charge is 2.37. The Morgan fingerprint density at radius 2 is 2.05 bits per heavy atom. The molecule has 3 nitrogen and oxygen atoms in total. The lowest BCUT2D eigenvalue weighted by Gasteiger charge is -2.16. The van der Waals surface area contributed by atoms with Crippen molar-refractivity contribution in [2.45, 2.75) is 37.8 Å². The van der Waals surface area contributed by atoms with Crippen molar-refractivity contribution >= 4 is 5.97 Å². The van der Waals surface area contributed by atoms with Crippen LogP contribution in [0.5, 0.6) is 5.75 Å². The van der Waals surface area contributed by atoms with Crippen LogP contribution in [-0.4, -0.2) is 23.9 Å². The molecule has 0 fully saturated rings. The quantitative estimate of drug-likeness (QED) is 0.929. The highest BCUT2D eigenvalue weighted by molar-refractivity contribution is 5.72. The monoisotopic (exact) mass is 286 g/mol. The van der Waals surface area contributed by atoms with Gasteiger partial charge in [0.15, 0.2) is 17.7 Å². The number of benzene rings is 1. The van der Waals surface area contributed by atoms with Gasteiger partial charge in [-0.15, -0.1) is 0 Å². The van der Waals surface area contributed by atoms with E-state index in [4.69, 9.17) is 9.84 Å². The number of carboxylic acid groups (broad SMARTS) is 1. The minimum atomic E-state index is -1.99. The molecule has 0 radical (unpaired) electrons. The van der Waals surface area contributed by atoms with Gasteiger partial charge < -0.3 is 9.84 Å². The summed E-state index contributed by atoms with van der Waals surface area (Å²) in [6, 6.07) is 0. The molecule has 0 bridgehead atoms. The Hall–Kier alpha value is -1.72. The third kappa shape index (κ3) is 1.85. The molecule has 1 aromatic rings. The highest BCUT2D eigenvalue weighted by atomic mass is 19.2. The molecule has 1 aliphatic heterocycles. The SMILES string of the molecule is O=C(O)C(F)CC1CCc2c(F)c(F)c3c(c21)CCO3. The van der Waals surface area contributed by atoms with E-state index in [0.717, 1.165) is 0 Å². The Balaban J connectivity index is 2.03. The van der Waals surface area contributed by atoms with Gasteiger partial charge in [0.2, 0.25) is 5.82 Å². The van der Waals surface area contributed by atoms with E-state index in [2.05, 4.69) is 0 Å². The minimum Gasteiger partial charge on any atom is -0.490 e. The molecule has 6 heteroatoms. The van der Waals surface area contributed by atoms with E-state index in [0.29, 0.717) is 30.4 Å². The molecule has 1 aliphatic carbocycles. The second-order valence-corrected chi connectivity index (χ2v) is 5.20. The van der Waals surface area contributed by atoms with Gasteiger partial charge in [-0.1, -0.05) is 0 Å². The largest absolute Gasteiger partial charge is 0.490 e. The fourth-order valence-electron chi connectivity index (χ4n) is 3.23. The molecule has 2 atom stereocenters. The van der Waals surface area contributed by atoms with E-state index < -0.39 is 23.8 Å². The van der Waals surface area contributed by atoms with E-state index in [1.165, 1.54) is 0 Å². The summed E-state index contributed by atoms with van der Waals surface area (Å²) in [6.07, 6.45) is -0.995. The number of carbonyl (C=O) groups is 1. The van der Waals surface area contributed by atoms with Crippen LogP contribution in [0.3, 0.4) is 0 Å². The van der Waals surface area contributed by atoms with Crippen molar-refractivity contribution in [3.8, 4) is 5.75 Å². The second-order valence-electron chi connectivity index (χ2n) is 5.20. The molecule has 2 unspecified atom stereocenters. The molecule has 1 N–H and O–H groups in total. The van der Waals surface area contributed by atoms with Crippen LogP contribution in [0.25, 0.3) is 0 Å². The van der Waals surface area contributed by atoms with Crippen molar-refractivity contribution in [2.75, 3.05) is 6.61 Å². The molecule has 0 amide bonds. The molecule has 108 valence electrons. The lowest BCUT2D eigenvalue weighted by Crippen LogP contribution is -2.17. The number of ether oxygens (including phenoxy) is 1. The summed E-state index contributed by atoms with van der Waals surface area (Å²) < 4.78 is 46.3. The van der Waals surface area contributed by atoms with Gasteiger partial charge in [0, 0.05) is 12.0 Å². The normalized spacial score (nSPS) is 21.2. The first-order valence-corrected chi connectivity index (χ1v) is 6.53. The topological polar surface area (TPSA) is 46.5 Å². The summed E-state index contributed by atoms with van der Waals surface area (Å²) in [4.78, 5) is 10.6. The zero-order chi connectivity index (χ0) is 14.4. The first kappa shape index (κ1) is 13.3. The first-order valence-electron chi connectivity index (χ1n) is 6.53. The molecule has 20 heavy (non-hydrogen) atoms. The number of fused-ring (bicyclic) bond motifs is 3. The van der Waals surface area contributed by atoms with E-state index in [1.807, 2.05) is 0 Å². The summed E-state index contributed by atoms with van der Waals surface area (Å²) >= 11 is 0. The van der Waals surface area contributed by atoms with Crippen LogP contribution in [0.1, 0.15) is 35.4 Å². The molecular formula is C14H13F3O3. The maximum Gasteiger partial charge on any atom is 0.338 e. The second kappa shape index (κ2) is 4.68. The van der Waals surface area contributed by atoms with Gasteiger partial charge in [-0.2, -0.15) is 4.39 Å². The highest BCUT2D eigenvalue weighted by Crippen LogP contribution is 2.46. The Morgan fingerprint density at radius 3 is 2.75 bits per heavy atom. The molecule has 0 spiro atoms. The lowest BCUT2D eigenvalue weighted by molar-refractivity contribution is -0.143. The van der Waals surface area contributed by atoms with Crippen LogP contribution >= 0.6 is 0 Å². The van der Waals surface area contributed by atoms with Crippen LogP contribution < -0.4 is 4.74 Å². The van der Waals surface area contributed by atoms with Gasteiger partial charge in [0.25, 0.3) is 0 Å². The Kier molecular flexibility index (Phi) is 3.11. The first-order chi connectivity index (χ1) is 9.50. The summed E-state index contributed by atoms with van der Waals surface area (Å²) in [6.45, 7) is 0.271. The zero-order valence-corrected chi connectivity index (χ0v) is 10.6. The Morgan fingerprint density at radius 1 is 1.30 bits per heavy atom. The van der Waals surface area contributed by atoms with Crippen molar-refractivity contribution in [2.24, 2.45) is 0 Å². The number of rotatable bonds is 3. The van der Waals surface area contributed by atoms with Crippen LogP contribution in [-0.2, 0) is 17.6 Å². The van der Waals surface area contributed by atoms with E-state index in [-0.39, 0.29) is 30.3 Å². The van der Waals surface area contributed by atoms with E-state index in [9.17, 15) is 18.0 Å². The summed E-state index contributed by atoms with van der Waals surface area (Å²) in [5.41, 5.74) is 1.41. The van der Waals surface area contributed by atoms with Crippen molar-refractivity contribution in [1.82, 2.24) is 0 Å². The predicted molar refractivity (Wildman–Crippen MR) is 63.8 cm³/mol. The van der Waals surface area contributed by atoms with Crippen LogP contribution in [0.2, 0.25) is 0 Å². The van der Waals surface area contributed by atoms with Gasteiger partial charge in [-0.05, 0) is 36.3 Å². The number of aliphatic carboxylic acids is 1. The molecule has 2 aliphatic rings. The van der Waals surface area contributed by atoms with Gasteiger partial charge in [0.05, 0.1) is 6.61 Å². The molecule has 3 rings (SSSR count). The molecule has 0 aromatic heterocycles.